The van der Waals surface area contributed by atoms with Gasteiger partial charge in [0, 0.05) is 18.2 Å². The molecule has 0 heterocycles. The van der Waals surface area contributed by atoms with E-state index in [-0.39, 0.29) is 16.7 Å². The monoisotopic (exact) mass is 282 g/mol. The van der Waals surface area contributed by atoms with Crippen LogP contribution in [0.2, 0.25) is 0 Å². The Bertz CT molecular complexity index is 382. The minimum absolute atomic E-state index is 0.146. The van der Waals surface area contributed by atoms with E-state index in [1.54, 1.807) is 12.1 Å². The number of nitro benzene ring substituents is 1. The molecule has 1 aromatic carbocycles. The number of benzene rings is 1. The van der Waals surface area contributed by atoms with Gasteiger partial charge in [0.1, 0.15) is 0 Å². The Balaban J connectivity index is 2.29. The second kappa shape index (κ2) is 8.93. The van der Waals surface area contributed by atoms with Crippen LogP contribution in [-0.4, -0.2) is 23.5 Å². The first-order valence-electron chi connectivity index (χ1n) is 6.62. The maximum Gasteiger partial charge on any atom is 0.269 e. The van der Waals surface area contributed by atoms with Gasteiger partial charge in [0.15, 0.2) is 0 Å². The Hall–Kier alpha value is -1.07. The van der Waals surface area contributed by atoms with Crippen LogP contribution in [0.25, 0.3) is 0 Å². The van der Waals surface area contributed by atoms with Crippen molar-refractivity contribution in [2.75, 3.05) is 18.6 Å². The molecule has 0 aliphatic carbocycles. The summed E-state index contributed by atoms with van der Waals surface area (Å²) in [4.78, 5) is 10.2. The molecule has 106 valence electrons. The Labute approximate surface area is 119 Å². The number of nitro groups is 1. The number of hydrogen-bond acceptors (Lipinski definition) is 4. The molecule has 0 amide bonds. The van der Waals surface area contributed by atoms with Crippen LogP contribution in [0.15, 0.2) is 24.3 Å². The van der Waals surface area contributed by atoms with Crippen molar-refractivity contribution in [2.24, 2.45) is 0 Å². The fraction of sp³-hybridized carbons (Fsp3) is 0.571. The lowest BCUT2D eigenvalue weighted by atomic mass is 10.1. The number of unbranched alkanes of at least 4 members (excludes halogenated alkanes) is 2. The van der Waals surface area contributed by atoms with Gasteiger partial charge in [-0.25, -0.2) is 0 Å². The molecule has 0 fully saturated rings. The molecule has 1 aromatic rings. The predicted molar refractivity (Wildman–Crippen MR) is 81.7 cm³/mol. The van der Waals surface area contributed by atoms with Gasteiger partial charge in [-0.05, 0) is 43.9 Å². The first-order valence-corrected chi connectivity index (χ1v) is 8.01. The quantitative estimate of drug-likeness (QED) is 0.425. The van der Waals surface area contributed by atoms with E-state index in [4.69, 9.17) is 0 Å². The summed E-state index contributed by atoms with van der Waals surface area (Å²) < 4.78 is 0. The molecule has 1 atom stereocenters. The van der Waals surface area contributed by atoms with Crippen molar-refractivity contribution in [3.63, 3.8) is 0 Å². The van der Waals surface area contributed by atoms with Crippen LogP contribution in [0.4, 0.5) is 5.69 Å². The molecule has 5 heteroatoms. The number of non-ortho nitro benzene ring substituents is 1. The summed E-state index contributed by atoms with van der Waals surface area (Å²) in [5, 5.41) is 14.0. The summed E-state index contributed by atoms with van der Waals surface area (Å²) in [7, 11) is 0. The lowest BCUT2D eigenvalue weighted by Crippen LogP contribution is -2.19. The van der Waals surface area contributed by atoms with Crippen LogP contribution in [0, 0.1) is 10.1 Å². The molecule has 1 unspecified atom stereocenters. The summed E-state index contributed by atoms with van der Waals surface area (Å²) in [6.07, 6.45) is 5.84. The number of hydrogen-bond donors (Lipinski definition) is 1. The van der Waals surface area contributed by atoms with E-state index in [0.29, 0.717) is 0 Å². The first-order chi connectivity index (χ1) is 9.15. The van der Waals surface area contributed by atoms with E-state index in [2.05, 4.69) is 18.5 Å². The van der Waals surface area contributed by atoms with Crippen LogP contribution in [0.5, 0.6) is 0 Å². The van der Waals surface area contributed by atoms with Crippen molar-refractivity contribution in [3.8, 4) is 0 Å². The molecule has 1 rings (SSSR count). The highest BCUT2D eigenvalue weighted by Crippen LogP contribution is 2.17. The van der Waals surface area contributed by atoms with Crippen LogP contribution in [0.1, 0.15) is 37.8 Å². The van der Waals surface area contributed by atoms with Crippen LogP contribution in [-0.2, 0) is 0 Å². The molecule has 1 N–H and O–H groups in total. The van der Waals surface area contributed by atoms with E-state index >= 15 is 0 Å². The normalized spacial score (nSPS) is 12.3. The van der Waals surface area contributed by atoms with Crippen LogP contribution in [0.3, 0.4) is 0 Å². The molecular weight excluding hydrogens is 260 g/mol. The second-order valence-corrected chi connectivity index (χ2v) is 5.56. The molecular formula is C14H22N2O2S. The summed E-state index contributed by atoms with van der Waals surface area (Å²) in [6.45, 7) is 3.08. The third-order valence-electron chi connectivity index (χ3n) is 3.08. The predicted octanol–water partition coefficient (Wildman–Crippen LogP) is 3.78. The Morgan fingerprint density at radius 3 is 2.53 bits per heavy atom. The fourth-order valence-corrected chi connectivity index (χ4v) is 2.36. The summed E-state index contributed by atoms with van der Waals surface area (Å²) in [5.41, 5.74) is 1.24. The van der Waals surface area contributed by atoms with Gasteiger partial charge >= 0.3 is 0 Å². The minimum Gasteiger partial charge on any atom is -0.310 e. The summed E-state index contributed by atoms with van der Waals surface area (Å²) >= 11 is 1.89. The highest BCUT2D eigenvalue weighted by Gasteiger charge is 2.08. The lowest BCUT2D eigenvalue weighted by molar-refractivity contribution is -0.384. The molecule has 0 aliphatic rings. The number of nitrogens with one attached hydrogen (secondary N) is 1. The van der Waals surface area contributed by atoms with Gasteiger partial charge in [-0.15, -0.1) is 0 Å². The smallest absolute Gasteiger partial charge is 0.269 e. The average Bonchev–Trinajstić information content (AvgIpc) is 2.42. The maximum atomic E-state index is 10.6. The van der Waals surface area contributed by atoms with Crippen molar-refractivity contribution in [2.45, 2.75) is 32.2 Å². The van der Waals surface area contributed by atoms with Crippen molar-refractivity contribution < 1.29 is 4.92 Å². The molecule has 0 radical (unpaired) electrons. The summed E-state index contributed by atoms with van der Waals surface area (Å²) in [6, 6.07) is 7.01. The summed E-state index contributed by atoms with van der Waals surface area (Å²) in [5.74, 6) is 1.23. The molecule has 0 bridgehead atoms. The number of thioether (sulfide) groups is 1. The highest BCUT2D eigenvalue weighted by atomic mass is 32.2. The van der Waals surface area contributed by atoms with Gasteiger partial charge in [-0.3, -0.25) is 10.1 Å². The van der Waals surface area contributed by atoms with Gasteiger partial charge in [-0.2, -0.15) is 11.8 Å². The van der Waals surface area contributed by atoms with E-state index < -0.39 is 0 Å². The zero-order valence-electron chi connectivity index (χ0n) is 11.6. The van der Waals surface area contributed by atoms with E-state index in [0.717, 1.165) is 12.1 Å². The molecule has 4 nitrogen and oxygen atoms in total. The van der Waals surface area contributed by atoms with Gasteiger partial charge in [0.2, 0.25) is 0 Å². The Morgan fingerprint density at radius 2 is 1.95 bits per heavy atom. The van der Waals surface area contributed by atoms with Crippen molar-refractivity contribution in [3.05, 3.63) is 39.9 Å². The van der Waals surface area contributed by atoms with Crippen LogP contribution >= 0.6 is 11.8 Å². The maximum absolute atomic E-state index is 10.6. The minimum atomic E-state index is -0.367. The zero-order chi connectivity index (χ0) is 14.1. The topological polar surface area (TPSA) is 55.2 Å². The third kappa shape index (κ3) is 6.07. The number of rotatable bonds is 9. The molecule has 0 aromatic heterocycles. The molecule has 0 spiro atoms. The van der Waals surface area contributed by atoms with Gasteiger partial charge < -0.3 is 5.32 Å². The Morgan fingerprint density at radius 1 is 1.26 bits per heavy atom. The van der Waals surface area contributed by atoms with Gasteiger partial charge in [0.05, 0.1) is 4.92 Å². The first kappa shape index (κ1) is 16.0. The van der Waals surface area contributed by atoms with Crippen molar-refractivity contribution in [1.82, 2.24) is 5.32 Å². The van der Waals surface area contributed by atoms with Gasteiger partial charge in [-0.1, -0.05) is 18.6 Å². The van der Waals surface area contributed by atoms with E-state index in [1.165, 1.54) is 25.0 Å². The SMILES string of the molecule is CSCCCCCNC(C)c1ccc([N+](=O)[O-])cc1. The van der Waals surface area contributed by atoms with E-state index in [1.807, 2.05) is 23.9 Å². The van der Waals surface area contributed by atoms with Crippen molar-refractivity contribution in [1.29, 1.82) is 0 Å². The molecule has 19 heavy (non-hydrogen) atoms. The highest BCUT2D eigenvalue weighted by molar-refractivity contribution is 7.98. The van der Waals surface area contributed by atoms with Gasteiger partial charge in [0.25, 0.3) is 5.69 Å². The molecule has 0 saturated carbocycles. The standard InChI is InChI=1S/C14H22N2O2S/c1-12(15-10-4-3-5-11-19-2)13-6-8-14(9-7-13)16(17)18/h6-9,12,15H,3-5,10-11H2,1-2H3. The molecule has 0 saturated heterocycles. The largest absolute Gasteiger partial charge is 0.310 e. The second-order valence-electron chi connectivity index (χ2n) is 4.58. The van der Waals surface area contributed by atoms with Crippen molar-refractivity contribution >= 4 is 17.4 Å². The fourth-order valence-electron chi connectivity index (χ4n) is 1.87. The number of nitrogens with zero attached hydrogens (tertiary/aromatic N) is 1. The van der Waals surface area contributed by atoms with E-state index in [9.17, 15) is 10.1 Å². The zero-order valence-corrected chi connectivity index (χ0v) is 12.4. The molecule has 0 aliphatic heterocycles. The average molecular weight is 282 g/mol. The third-order valence-corrected chi connectivity index (χ3v) is 3.78. The lowest BCUT2D eigenvalue weighted by Gasteiger charge is -2.13. The van der Waals surface area contributed by atoms with Crippen LogP contribution < -0.4 is 5.32 Å². The Kier molecular flexibility index (Phi) is 7.52.